The Balaban J connectivity index is 2.60. The van der Waals surface area contributed by atoms with Gasteiger partial charge in [0.2, 0.25) is 0 Å². The van der Waals surface area contributed by atoms with E-state index < -0.39 is 0 Å². The maximum Gasteiger partial charge on any atom is 0.265 e. The summed E-state index contributed by atoms with van der Waals surface area (Å²) in [7, 11) is 2.13. The second kappa shape index (κ2) is 7.26. The van der Waals surface area contributed by atoms with E-state index in [1.165, 1.54) is 12.0 Å². The highest BCUT2D eigenvalue weighted by Gasteiger charge is 2.11. The van der Waals surface area contributed by atoms with Crippen LogP contribution in [-0.2, 0) is 6.54 Å². The van der Waals surface area contributed by atoms with Gasteiger partial charge in [-0.2, -0.15) is 0 Å². The largest absolute Gasteiger partial charge is 0.299 e. The fourth-order valence-corrected chi connectivity index (χ4v) is 2.15. The Hall–Kier alpha value is -1.39. The molecule has 0 radical (unpaired) electrons. The van der Waals surface area contributed by atoms with Gasteiger partial charge in [-0.3, -0.25) is 15.1 Å². The first-order valence-corrected chi connectivity index (χ1v) is 6.74. The average molecular weight is 263 g/mol. The molecule has 106 valence electrons. The number of hydrogen-bond donors (Lipinski definition) is 2. The highest BCUT2D eigenvalue weighted by atomic mass is 16.2. The van der Waals surface area contributed by atoms with Crippen LogP contribution in [0.4, 0.5) is 0 Å². The molecule has 1 aromatic rings. The van der Waals surface area contributed by atoms with E-state index in [0.717, 1.165) is 6.54 Å². The molecule has 1 rings (SSSR count). The standard InChI is InChI=1S/C15H25N3O/c1-11(2)9-12(3)18(4)10-13-5-7-14(8-6-13)15(19)17-16/h5-8,11-12H,9-10,16H2,1-4H3,(H,17,19). The van der Waals surface area contributed by atoms with E-state index in [0.29, 0.717) is 17.5 Å². The van der Waals surface area contributed by atoms with Crippen LogP contribution in [-0.4, -0.2) is 23.9 Å². The molecule has 0 fully saturated rings. The van der Waals surface area contributed by atoms with E-state index in [1.54, 1.807) is 12.1 Å². The van der Waals surface area contributed by atoms with Crippen LogP contribution in [0.15, 0.2) is 24.3 Å². The van der Waals surface area contributed by atoms with Crippen molar-refractivity contribution in [2.75, 3.05) is 7.05 Å². The molecule has 0 aliphatic rings. The fourth-order valence-electron chi connectivity index (χ4n) is 2.15. The summed E-state index contributed by atoms with van der Waals surface area (Å²) in [5, 5.41) is 0. The Bertz CT molecular complexity index is 400. The molecule has 1 atom stereocenters. The third kappa shape index (κ3) is 5.01. The quantitative estimate of drug-likeness (QED) is 0.470. The minimum Gasteiger partial charge on any atom is -0.299 e. The lowest BCUT2D eigenvalue weighted by Crippen LogP contribution is -2.30. The Morgan fingerprint density at radius 3 is 2.32 bits per heavy atom. The molecular weight excluding hydrogens is 238 g/mol. The number of rotatable bonds is 6. The molecule has 1 unspecified atom stereocenters. The number of nitrogens with zero attached hydrogens (tertiary/aromatic N) is 1. The molecule has 0 aliphatic heterocycles. The van der Waals surface area contributed by atoms with Crippen molar-refractivity contribution in [2.45, 2.75) is 39.8 Å². The molecule has 4 heteroatoms. The topological polar surface area (TPSA) is 58.4 Å². The van der Waals surface area contributed by atoms with E-state index in [9.17, 15) is 4.79 Å². The number of hydrazine groups is 1. The van der Waals surface area contributed by atoms with Crippen molar-refractivity contribution < 1.29 is 4.79 Å². The van der Waals surface area contributed by atoms with Crippen molar-refractivity contribution in [1.29, 1.82) is 0 Å². The minimum absolute atomic E-state index is 0.256. The Morgan fingerprint density at radius 2 is 1.84 bits per heavy atom. The zero-order chi connectivity index (χ0) is 14.4. The zero-order valence-corrected chi connectivity index (χ0v) is 12.3. The summed E-state index contributed by atoms with van der Waals surface area (Å²) < 4.78 is 0. The van der Waals surface area contributed by atoms with Crippen LogP contribution >= 0.6 is 0 Å². The number of benzene rings is 1. The van der Waals surface area contributed by atoms with Gasteiger partial charge in [0.15, 0.2) is 0 Å². The van der Waals surface area contributed by atoms with Crippen LogP contribution in [0.2, 0.25) is 0 Å². The Kier molecular flexibility index (Phi) is 5.99. The van der Waals surface area contributed by atoms with Gasteiger partial charge < -0.3 is 0 Å². The van der Waals surface area contributed by atoms with Gasteiger partial charge in [-0.1, -0.05) is 26.0 Å². The van der Waals surface area contributed by atoms with Crippen molar-refractivity contribution in [2.24, 2.45) is 11.8 Å². The summed E-state index contributed by atoms with van der Waals surface area (Å²) in [6.45, 7) is 7.61. The second-order valence-corrected chi connectivity index (χ2v) is 5.56. The lowest BCUT2D eigenvalue weighted by Gasteiger charge is -2.26. The fraction of sp³-hybridized carbons (Fsp3) is 0.533. The van der Waals surface area contributed by atoms with Gasteiger partial charge in [-0.05, 0) is 44.0 Å². The van der Waals surface area contributed by atoms with Gasteiger partial charge in [0.1, 0.15) is 0 Å². The third-order valence-electron chi connectivity index (χ3n) is 3.34. The number of carbonyl (C=O) groups excluding carboxylic acids is 1. The molecule has 1 amide bonds. The van der Waals surface area contributed by atoms with Crippen LogP contribution < -0.4 is 11.3 Å². The van der Waals surface area contributed by atoms with E-state index in [-0.39, 0.29) is 5.91 Å². The highest BCUT2D eigenvalue weighted by Crippen LogP contribution is 2.13. The number of amides is 1. The average Bonchev–Trinajstić information content (AvgIpc) is 2.37. The van der Waals surface area contributed by atoms with Crippen molar-refractivity contribution in [1.82, 2.24) is 10.3 Å². The maximum absolute atomic E-state index is 11.3. The number of nitrogens with two attached hydrogens (primary N) is 1. The molecule has 19 heavy (non-hydrogen) atoms. The summed E-state index contributed by atoms with van der Waals surface area (Å²) in [6, 6.07) is 8.11. The number of nitrogens with one attached hydrogen (secondary N) is 1. The number of hydrogen-bond acceptors (Lipinski definition) is 3. The van der Waals surface area contributed by atoms with Gasteiger partial charge in [-0.15, -0.1) is 0 Å². The Morgan fingerprint density at radius 1 is 1.26 bits per heavy atom. The summed E-state index contributed by atoms with van der Waals surface area (Å²) in [5.74, 6) is 5.55. The molecule has 1 aromatic carbocycles. The third-order valence-corrected chi connectivity index (χ3v) is 3.34. The van der Waals surface area contributed by atoms with Crippen LogP contribution in [0.5, 0.6) is 0 Å². The molecule has 0 bridgehead atoms. The zero-order valence-electron chi connectivity index (χ0n) is 12.3. The molecule has 4 nitrogen and oxygen atoms in total. The van der Waals surface area contributed by atoms with Crippen LogP contribution in [0, 0.1) is 5.92 Å². The van der Waals surface area contributed by atoms with Gasteiger partial charge >= 0.3 is 0 Å². The van der Waals surface area contributed by atoms with Crippen LogP contribution in [0.1, 0.15) is 43.1 Å². The molecular formula is C15H25N3O. The highest BCUT2D eigenvalue weighted by molar-refractivity contribution is 5.93. The number of nitrogen functional groups attached to an aromatic ring is 1. The van der Waals surface area contributed by atoms with Crippen LogP contribution in [0.25, 0.3) is 0 Å². The first-order valence-electron chi connectivity index (χ1n) is 6.74. The molecule has 0 saturated heterocycles. The summed E-state index contributed by atoms with van der Waals surface area (Å²) in [4.78, 5) is 13.7. The lowest BCUT2D eigenvalue weighted by atomic mass is 10.0. The molecule has 3 N–H and O–H groups in total. The van der Waals surface area contributed by atoms with Crippen molar-refractivity contribution in [3.63, 3.8) is 0 Å². The maximum atomic E-state index is 11.3. The second-order valence-electron chi connectivity index (χ2n) is 5.56. The van der Waals surface area contributed by atoms with Crippen molar-refractivity contribution in [3.05, 3.63) is 35.4 Å². The summed E-state index contributed by atoms with van der Waals surface area (Å²) in [5.41, 5.74) is 3.92. The van der Waals surface area contributed by atoms with E-state index in [4.69, 9.17) is 5.84 Å². The molecule has 0 spiro atoms. The number of carbonyl (C=O) groups is 1. The monoisotopic (exact) mass is 263 g/mol. The van der Waals surface area contributed by atoms with E-state index in [1.807, 2.05) is 12.1 Å². The van der Waals surface area contributed by atoms with Gasteiger partial charge in [0.05, 0.1) is 0 Å². The smallest absolute Gasteiger partial charge is 0.265 e. The Labute approximate surface area is 115 Å². The molecule has 0 saturated carbocycles. The van der Waals surface area contributed by atoms with Gasteiger partial charge in [-0.25, -0.2) is 5.84 Å². The molecule has 0 aliphatic carbocycles. The predicted molar refractivity (Wildman–Crippen MR) is 78.5 cm³/mol. The first-order chi connectivity index (χ1) is 8.93. The van der Waals surface area contributed by atoms with Crippen molar-refractivity contribution >= 4 is 5.91 Å². The minimum atomic E-state index is -0.256. The summed E-state index contributed by atoms with van der Waals surface area (Å²) in [6.07, 6.45) is 1.18. The molecule has 0 heterocycles. The SMILES string of the molecule is CC(C)CC(C)N(C)Cc1ccc(C(=O)NN)cc1. The van der Waals surface area contributed by atoms with E-state index >= 15 is 0 Å². The van der Waals surface area contributed by atoms with Gasteiger partial charge in [0.25, 0.3) is 5.91 Å². The predicted octanol–water partition coefficient (Wildman–Crippen LogP) is 2.16. The van der Waals surface area contributed by atoms with Crippen LogP contribution in [0.3, 0.4) is 0 Å². The van der Waals surface area contributed by atoms with E-state index in [2.05, 4.69) is 38.1 Å². The molecule has 0 aromatic heterocycles. The lowest BCUT2D eigenvalue weighted by molar-refractivity contribution is 0.0953. The van der Waals surface area contributed by atoms with Crippen molar-refractivity contribution in [3.8, 4) is 0 Å². The normalized spacial score (nSPS) is 12.8. The first kappa shape index (κ1) is 15.7. The van der Waals surface area contributed by atoms with Gasteiger partial charge in [0, 0.05) is 18.2 Å². The summed E-state index contributed by atoms with van der Waals surface area (Å²) >= 11 is 0.